The summed E-state index contributed by atoms with van der Waals surface area (Å²) in [5.74, 6) is -1.32. The summed E-state index contributed by atoms with van der Waals surface area (Å²) in [4.78, 5) is 14.2. The maximum Gasteiger partial charge on any atom is 0.239 e. The van der Waals surface area contributed by atoms with E-state index in [0.29, 0.717) is 12.1 Å². The lowest BCUT2D eigenvalue weighted by atomic mass is 10.1. The van der Waals surface area contributed by atoms with Crippen molar-refractivity contribution in [3.63, 3.8) is 0 Å². The van der Waals surface area contributed by atoms with Gasteiger partial charge in [-0.3, -0.25) is 10.1 Å². The summed E-state index contributed by atoms with van der Waals surface area (Å²) in [5.41, 5.74) is 2.55. The third-order valence-electron chi connectivity index (χ3n) is 4.34. The number of benzene rings is 2. The molecule has 25 heavy (non-hydrogen) atoms. The summed E-state index contributed by atoms with van der Waals surface area (Å²) >= 11 is 0. The van der Waals surface area contributed by atoms with Gasteiger partial charge in [0.1, 0.15) is 11.6 Å². The van der Waals surface area contributed by atoms with Crippen LogP contribution in [0.5, 0.6) is 0 Å². The van der Waals surface area contributed by atoms with E-state index in [1.807, 2.05) is 31.2 Å². The van der Waals surface area contributed by atoms with Crippen LogP contribution in [-0.2, 0) is 11.3 Å². The Bertz CT molecular complexity index is 748. The first kappa shape index (κ1) is 19.1. The molecule has 2 rings (SSSR count). The number of hydrogen-bond acceptors (Lipinski definition) is 2. The zero-order valence-corrected chi connectivity index (χ0v) is 15.0. The maximum atomic E-state index is 13.9. The summed E-state index contributed by atoms with van der Waals surface area (Å²) in [6.45, 7) is 6.02. The molecule has 2 aromatic carbocycles. The van der Waals surface area contributed by atoms with E-state index in [0.717, 1.165) is 17.2 Å². The molecule has 0 aliphatic carbocycles. The number of aryl methyl sites for hydroxylation is 1. The number of carbonyl (C=O) groups is 1. The molecule has 0 bridgehead atoms. The molecule has 134 valence electrons. The van der Waals surface area contributed by atoms with Gasteiger partial charge in [0.05, 0.1) is 6.04 Å². The first-order chi connectivity index (χ1) is 11.8. The van der Waals surface area contributed by atoms with Crippen molar-refractivity contribution in [2.75, 3.05) is 7.05 Å². The first-order valence-corrected chi connectivity index (χ1v) is 8.30. The van der Waals surface area contributed by atoms with Crippen molar-refractivity contribution in [3.05, 3.63) is 70.8 Å². The number of nitrogens with zero attached hydrogens (tertiary/aromatic N) is 1. The van der Waals surface area contributed by atoms with Crippen molar-refractivity contribution in [1.82, 2.24) is 10.2 Å². The second kappa shape index (κ2) is 8.21. The van der Waals surface area contributed by atoms with Gasteiger partial charge in [-0.05, 0) is 38.0 Å². The summed E-state index contributed by atoms with van der Waals surface area (Å²) in [5, 5.41) is 3.08. The Morgan fingerprint density at radius 2 is 1.84 bits per heavy atom. The van der Waals surface area contributed by atoms with Crippen LogP contribution in [0.1, 0.15) is 36.6 Å². The summed E-state index contributed by atoms with van der Waals surface area (Å²) in [6.07, 6.45) is 0. The zero-order chi connectivity index (χ0) is 18.6. The monoisotopic (exact) mass is 346 g/mol. The van der Waals surface area contributed by atoms with Crippen molar-refractivity contribution in [3.8, 4) is 0 Å². The molecule has 0 aromatic heterocycles. The quantitative estimate of drug-likeness (QED) is 0.858. The molecule has 1 amide bonds. The first-order valence-electron chi connectivity index (χ1n) is 8.30. The molecule has 0 aliphatic rings. The van der Waals surface area contributed by atoms with E-state index < -0.39 is 23.7 Å². The Hall–Kier alpha value is -2.27. The molecular weight excluding hydrogens is 322 g/mol. The topological polar surface area (TPSA) is 32.3 Å². The van der Waals surface area contributed by atoms with E-state index in [4.69, 9.17) is 0 Å². The van der Waals surface area contributed by atoms with E-state index in [-0.39, 0.29) is 5.91 Å². The molecule has 2 atom stereocenters. The molecule has 1 N–H and O–H groups in total. The molecule has 0 heterocycles. The minimum Gasteiger partial charge on any atom is -0.340 e. The second-order valence-corrected chi connectivity index (χ2v) is 6.40. The predicted octanol–water partition coefficient (Wildman–Crippen LogP) is 3.97. The van der Waals surface area contributed by atoms with Crippen LogP contribution in [0.4, 0.5) is 8.78 Å². The van der Waals surface area contributed by atoms with Gasteiger partial charge >= 0.3 is 0 Å². The highest BCUT2D eigenvalue weighted by Gasteiger charge is 2.21. The van der Waals surface area contributed by atoms with Gasteiger partial charge < -0.3 is 4.90 Å². The maximum absolute atomic E-state index is 13.9. The van der Waals surface area contributed by atoms with Gasteiger partial charge in [0.2, 0.25) is 5.91 Å². The molecule has 0 aliphatic heterocycles. The Kier molecular flexibility index (Phi) is 6.26. The van der Waals surface area contributed by atoms with Crippen LogP contribution in [0, 0.1) is 18.6 Å². The number of likely N-dealkylation sites (N-methyl/N-ethyl adjacent to an activating group) is 1. The number of nitrogens with one attached hydrogen (secondary N) is 1. The van der Waals surface area contributed by atoms with Gasteiger partial charge in [0.25, 0.3) is 0 Å². The highest BCUT2D eigenvalue weighted by molar-refractivity contribution is 5.81. The molecule has 2 unspecified atom stereocenters. The lowest BCUT2D eigenvalue weighted by Gasteiger charge is -2.25. The Balaban J connectivity index is 2.00. The fraction of sp³-hybridized carbons (Fsp3) is 0.350. The number of halogens is 2. The smallest absolute Gasteiger partial charge is 0.239 e. The van der Waals surface area contributed by atoms with Crippen molar-refractivity contribution in [1.29, 1.82) is 0 Å². The lowest BCUT2D eigenvalue weighted by molar-refractivity contribution is -0.132. The van der Waals surface area contributed by atoms with Gasteiger partial charge in [-0.15, -0.1) is 0 Å². The third-order valence-corrected chi connectivity index (χ3v) is 4.34. The van der Waals surface area contributed by atoms with E-state index in [9.17, 15) is 13.6 Å². The standard InChI is InChI=1S/C20H24F2N2O/c1-13-7-5-6-8-16(13)12-24(4)20(25)15(3)23-14(2)18-10-9-17(21)11-19(18)22/h5-11,14-15,23H,12H2,1-4H3. The van der Waals surface area contributed by atoms with E-state index in [1.165, 1.54) is 12.1 Å². The highest BCUT2D eigenvalue weighted by Crippen LogP contribution is 2.18. The molecule has 0 saturated heterocycles. The van der Waals surface area contributed by atoms with Crippen LogP contribution in [0.15, 0.2) is 42.5 Å². The summed E-state index contributed by atoms with van der Waals surface area (Å²) < 4.78 is 26.9. The van der Waals surface area contributed by atoms with Crippen molar-refractivity contribution >= 4 is 5.91 Å². The van der Waals surface area contributed by atoms with E-state index in [2.05, 4.69) is 5.32 Å². The molecule has 0 spiro atoms. The van der Waals surface area contributed by atoms with Crippen LogP contribution in [0.2, 0.25) is 0 Å². The predicted molar refractivity (Wildman–Crippen MR) is 95.0 cm³/mol. The number of amides is 1. The van der Waals surface area contributed by atoms with Crippen molar-refractivity contribution in [2.24, 2.45) is 0 Å². The Morgan fingerprint density at radius 1 is 1.16 bits per heavy atom. The molecule has 5 heteroatoms. The SMILES string of the molecule is Cc1ccccc1CN(C)C(=O)C(C)NC(C)c1ccc(F)cc1F. The molecule has 0 saturated carbocycles. The molecule has 2 aromatic rings. The average molecular weight is 346 g/mol. The van der Waals surface area contributed by atoms with Gasteiger partial charge in [0.15, 0.2) is 0 Å². The normalized spacial score (nSPS) is 13.4. The fourth-order valence-corrected chi connectivity index (χ4v) is 2.84. The third kappa shape index (κ3) is 4.86. The minimum atomic E-state index is -0.618. The van der Waals surface area contributed by atoms with E-state index in [1.54, 1.807) is 25.8 Å². The van der Waals surface area contributed by atoms with Crippen LogP contribution < -0.4 is 5.32 Å². The zero-order valence-electron chi connectivity index (χ0n) is 15.0. The van der Waals surface area contributed by atoms with Crippen LogP contribution in [0.25, 0.3) is 0 Å². The van der Waals surface area contributed by atoms with Gasteiger partial charge in [0, 0.05) is 31.3 Å². The second-order valence-electron chi connectivity index (χ2n) is 6.40. The fourth-order valence-electron chi connectivity index (χ4n) is 2.84. The summed E-state index contributed by atoms with van der Waals surface area (Å²) in [7, 11) is 1.75. The largest absolute Gasteiger partial charge is 0.340 e. The highest BCUT2D eigenvalue weighted by atomic mass is 19.1. The van der Waals surface area contributed by atoms with Crippen molar-refractivity contribution < 1.29 is 13.6 Å². The molecule has 3 nitrogen and oxygen atoms in total. The Morgan fingerprint density at radius 3 is 2.48 bits per heavy atom. The Labute approximate surface area is 147 Å². The van der Waals surface area contributed by atoms with Crippen molar-refractivity contribution in [2.45, 2.75) is 39.4 Å². The number of hydrogen-bond donors (Lipinski definition) is 1. The van der Waals surface area contributed by atoms with Gasteiger partial charge in [-0.2, -0.15) is 0 Å². The lowest BCUT2D eigenvalue weighted by Crippen LogP contribution is -2.43. The van der Waals surface area contributed by atoms with Gasteiger partial charge in [-0.25, -0.2) is 8.78 Å². The molecule has 0 fully saturated rings. The van der Waals surface area contributed by atoms with Gasteiger partial charge in [-0.1, -0.05) is 30.3 Å². The van der Waals surface area contributed by atoms with Crippen LogP contribution in [0.3, 0.4) is 0 Å². The minimum absolute atomic E-state index is 0.0855. The molecule has 0 radical (unpaired) electrons. The van der Waals surface area contributed by atoms with E-state index >= 15 is 0 Å². The average Bonchev–Trinajstić information content (AvgIpc) is 2.55. The van der Waals surface area contributed by atoms with Crippen LogP contribution in [-0.4, -0.2) is 23.9 Å². The summed E-state index contributed by atoms with van der Waals surface area (Å²) in [6, 6.07) is 10.5. The number of rotatable bonds is 6. The molecular formula is C20H24F2N2O. The van der Waals surface area contributed by atoms with Crippen LogP contribution >= 0.6 is 0 Å². The number of carbonyl (C=O) groups excluding carboxylic acids is 1.